The Morgan fingerprint density at radius 1 is 1.40 bits per heavy atom. The van der Waals surface area contributed by atoms with E-state index in [-0.39, 0.29) is 17.1 Å². The van der Waals surface area contributed by atoms with Crippen LogP contribution in [-0.2, 0) is 4.74 Å². The van der Waals surface area contributed by atoms with Gasteiger partial charge in [0.15, 0.2) is 16.7 Å². The van der Waals surface area contributed by atoms with Crippen LogP contribution in [0.15, 0.2) is 23.2 Å². The zero-order valence-corrected chi connectivity index (χ0v) is 12.1. The predicted octanol–water partition coefficient (Wildman–Crippen LogP) is 2.90. The quantitative estimate of drug-likeness (QED) is 0.911. The predicted molar refractivity (Wildman–Crippen MR) is 79.3 cm³/mol. The topological polar surface area (TPSA) is 42.8 Å². The maximum absolute atomic E-state index is 13.6. The van der Waals surface area contributed by atoms with Crippen molar-refractivity contribution >= 4 is 22.6 Å². The van der Waals surface area contributed by atoms with Gasteiger partial charge in [0.05, 0.1) is 12.6 Å². The number of hydrogen-bond donors (Lipinski definition) is 1. The fourth-order valence-electron chi connectivity index (χ4n) is 2.42. The number of benzene rings is 1. The van der Waals surface area contributed by atoms with Gasteiger partial charge in [-0.1, -0.05) is 11.8 Å². The zero-order chi connectivity index (χ0) is 14.0. The highest BCUT2D eigenvalue weighted by molar-refractivity contribution is 8.14. The Bertz CT molecular complexity index is 530. The number of methoxy groups -OCH3 is 1. The molecule has 0 radical (unpaired) electrons. The Kier molecular flexibility index (Phi) is 3.85. The normalized spacial score (nSPS) is 20.8. The molecule has 0 bridgehead atoms. The maximum atomic E-state index is 13.6. The summed E-state index contributed by atoms with van der Waals surface area (Å²) in [4.78, 5) is 4.78. The minimum Gasteiger partial charge on any atom is -0.494 e. The number of thioether (sulfide) groups is 1. The third-order valence-corrected chi connectivity index (χ3v) is 4.79. The number of ether oxygens (including phenoxy) is 2. The van der Waals surface area contributed by atoms with E-state index in [0.29, 0.717) is 5.69 Å². The average molecular weight is 296 g/mol. The first-order chi connectivity index (χ1) is 9.71. The first kappa shape index (κ1) is 13.7. The molecule has 0 saturated carbocycles. The number of hydrogen-bond acceptors (Lipinski definition) is 5. The fraction of sp³-hybridized carbons (Fsp3) is 0.500. The molecule has 1 N–H and O–H groups in total. The van der Waals surface area contributed by atoms with Gasteiger partial charge in [-0.2, -0.15) is 0 Å². The van der Waals surface area contributed by atoms with Gasteiger partial charge >= 0.3 is 0 Å². The molecule has 1 spiro atoms. The van der Waals surface area contributed by atoms with E-state index >= 15 is 0 Å². The van der Waals surface area contributed by atoms with Crippen molar-refractivity contribution in [3.63, 3.8) is 0 Å². The summed E-state index contributed by atoms with van der Waals surface area (Å²) < 4.78 is 23.9. The molecular formula is C14H17FN2O2S. The van der Waals surface area contributed by atoms with Gasteiger partial charge in [-0.25, -0.2) is 4.39 Å². The van der Waals surface area contributed by atoms with Gasteiger partial charge < -0.3 is 14.8 Å². The number of nitrogens with zero attached hydrogens (tertiary/aromatic N) is 1. The van der Waals surface area contributed by atoms with Crippen molar-refractivity contribution in [1.82, 2.24) is 0 Å². The lowest BCUT2D eigenvalue weighted by Gasteiger charge is -2.29. The van der Waals surface area contributed by atoms with Crippen LogP contribution in [0.1, 0.15) is 12.8 Å². The first-order valence-corrected chi connectivity index (χ1v) is 7.60. The SMILES string of the molecule is COc1ccc(NC2=NC3(CCOCC3)CS2)cc1F. The number of anilines is 1. The van der Waals surface area contributed by atoms with E-state index < -0.39 is 0 Å². The van der Waals surface area contributed by atoms with Crippen molar-refractivity contribution in [2.45, 2.75) is 18.4 Å². The van der Waals surface area contributed by atoms with Crippen LogP contribution in [0, 0.1) is 5.82 Å². The number of amidine groups is 1. The van der Waals surface area contributed by atoms with Crippen LogP contribution >= 0.6 is 11.8 Å². The molecule has 1 aromatic carbocycles. The van der Waals surface area contributed by atoms with Gasteiger partial charge in [-0.05, 0) is 25.0 Å². The Balaban J connectivity index is 1.72. The largest absolute Gasteiger partial charge is 0.494 e. The van der Waals surface area contributed by atoms with Crippen molar-refractivity contribution in [2.75, 3.05) is 31.4 Å². The second-order valence-corrected chi connectivity index (χ2v) is 5.98. The molecule has 2 heterocycles. The smallest absolute Gasteiger partial charge is 0.167 e. The molecule has 108 valence electrons. The Morgan fingerprint density at radius 3 is 2.90 bits per heavy atom. The third-order valence-electron chi connectivity index (χ3n) is 3.64. The number of nitrogens with one attached hydrogen (secondary N) is 1. The van der Waals surface area contributed by atoms with Crippen LogP contribution in [0.3, 0.4) is 0 Å². The summed E-state index contributed by atoms with van der Waals surface area (Å²) in [5, 5.41) is 4.04. The van der Waals surface area contributed by atoms with Gasteiger partial charge in [0.2, 0.25) is 0 Å². The van der Waals surface area contributed by atoms with Crippen LogP contribution in [0.25, 0.3) is 0 Å². The van der Waals surface area contributed by atoms with Gasteiger partial charge in [0.25, 0.3) is 0 Å². The lowest BCUT2D eigenvalue weighted by atomic mass is 9.93. The molecule has 1 aromatic rings. The molecule has 0 aromatic heterocycles. The van der Waals surface area contributed by atoms with Crippen molar-refractivity contribution in [3.8, 4) is 5.75 Å². The highest BCUT2D eigenvalue weighted by Crippen LogP contribution is 2.36. The average Bonchev–Trinajstić information content (AvgIpc) is 2.82. The summed E-state index contributed by atoms with van der Waals surface area (Å²) in [6, 6.07) is 4.83. The van der Waals surface area contributed by atoms with E-state index in [1.54, 1.807) is 23.9 Å². The van der Waals surface area contributed by atoms with E-state index in [9.17, 15) is 4.39 Å². The Morgan fingerprint density at radius 2 is 2.20 bits per heavy atom. The van der Waals surface area contributed by atoms with Crippen LogP contribution < -0.4 is 10.1 Å². The summed E-state index contributed by atoms with van der Waals surface area (Å²) in [5.74, 6) is 0.844. The second-order valence-electron chi connectivity index (χ2n) is 5.02. The highest BCUT2D eigenvalue weighted by Gasteiger charge is 2.37. The van der Waals surface area contributed by atoms with E-state index in [1.807, 2.05) is 0 Å². The fourth-order valence-corrected chi connectivity index (χ4v) is 3.63. The van der Waals surface area contributed by atoms with Crippen LogP contribution in [-0.4, -0.2) is 36.8 Å². The van der Waals surface area contributed by atoms with Crippen LogP contribution in [0.4, 0.5) is 10.1 Å². The van der Waals surface area contributed by atoms with Gasteiger partial charge in [0.1, 0.15) is 0 Å². The first-order valence-electron chi connectivity index (χ1n) is 6.62. The summed E-state index contributed by atoms with van der Waals surface area (Å²) >= 11 is 1.69. The van der Waals surface area contributed by atoms with Crippen LogP contribution in [0.2, 0.25) is 0 Å². The summed E-state index contributed by atoms with van der Waals surface area (Å²) in [6.07, 6.45) is 1.92. The molecule has 0 aliphatic carbocycles. The lowest BCUT2D eigenvalue weighted by molar-refractivity contribution is 0.0624. The minimum atomic E-state index is -0.373. The molecule has 6 heteroatoms. The van der Waals surface area contributed by atoms with Crippen molar-refractivity contribution in [2.24, 2.45) is 4.99 Å². The number of aliphatic imine (C=N–C) groups is 1. The van der Waals surface area contributed by atoms with Gasteiger partial charge in [-0.3, -0.25) is 4.99 Å². The Labute approximate surface area is 121 Å². The number of rotatable bonds is 2. The third kappa shape index (κ3) is 2.76. The van der Waals surface area contributed by atoms with Crippen molar-refractivity contribution in [1.29, 1.82) is 0 Å². The highest BCUT2D eigenvalue weighted by atomic mass is 32.2. The van der Waals surface area contributed by atoms with E-state index in [2.05, 4.69) is 5.32 Å². The minimum absolute atomic E-state index is 0.0102. The molecule has 0 unspecified atom stereocenters. The number of halogens is 1. The van der Waals surface area contributed by atoms with Crippen LogP contribution in [0.5, 0.6) is 5.75 Å². The standard InChI is InChI=1S/C14H17FN2O2S/c1-18-12-3-2-10(8-11(12)15)16-13-17-14(9-20-13)4-6-19-7-5-14/h2-3,8H,4-7,9H2,1H3,(H,16,17). The molecule has 1 fully saturated rings. The molecule has 3 rings (SSSR count). The molecule has 1 saturated heterocycles. The maximum Gasteiger partial charge on any atom is 0.167 e. The second kappa shape index (κ2) is 5.61. The molecule has 20 heavy (non-hydrogen) atoms. The lowest BCUT2D eigenvalue weighted by Crippen LogP contribution is -2.34. The monoisotopic (exact) mass is 296 g/mol. The summed E-state index contributed by atoms with van der Waals surface area (Å²) in [7, 11) is 1.46. The zero-order valence-electron chi connectivity index (χ0n) is 11.3. The van der Waals surface area contributed by atoms with Crippen molar-refractivity contribution < 1.29 is 13.9 Å². The van der Waals surface area contributed by atoms with E-state index in [1.165, 1.54) is 13.2 Å². The summed E-state index contributed by atoms with van der Waals surface area (Å²) in [5.41, 5.74) is 0.703. The summed E-state index contributed by atoms with van der Waals surface area (Å²) in [6.45, 7) is 1.54. The molecule has 0 atom stereocenters. The molecule has 0 amide bonds. The molecule has 2 aliphatic heterocycles. The van der Waals surface area contributed by atoms with Crippen molar-refractivity contribution in [3.05, 3.63) is 24.0 Å². The molecule has 2 aliphatic rings. The molecule has 4 nitrogen and oxygen atoms in total. The van der Waals surface area contributed by atoms with E-state index in [0.717, 1.165) is 37.0 Å². The Hall–Kier alpha value is -1.27. The van der Waals surface area contributed by atoms with Gasteiger partial charge in [0, 0.05) is 30.7 Å². The van der Waals surface area contributed by atoms with E-state index in [4.69, 9.17) is 14.5 Å². The van der Waals surface area contributed by atoms with Gasteiger partial charge in [-0.15, -0.1) is 0 Å². The molecular weight excluding hydrogens is 279 g/mol.